The molecule has 1 heterocycles. The summed E-state index contributed by atoms with van der Waals surface area (Å²) in [5, 5.41) is 11.7. The van der Waals surface area contributed by atoms with Gasteiger partial charge in [0.1, 0.15) is 23.1 Å². The van der Waals surface area contributed by atoms with Gasteiger partial charge in [-0.05, 0) is 76.3 Å². The molecule has 12 heteroatoms. The number of carboxylic acid groups (broad SMARTS) is 1. The second kappa shape index (κ2) is 11.3. The zero-order chi connectivity index (χ0) is 28.3. The Bertz CT molecular complexity index is 1360. The summed E-state index contributed by atoms with van der Waals surface area (Å²) in [6.45, 7) is 9.25. The Morgan fingerprint density at radius 3 is 2.45 bits per heavy atom. The van der Waals surface area contributed by atoms with Gasteiger partial charge in [0.2, 0.25) is 5.96 Å². The summed E-state index contributed by atoms with van der Waals surface area (Å²) in [6, 6.07) is 7.02. The molecular weight excluding hydrogens is 512 g/mol. The molecule has 1 amide bonds. The van der Waals surface area contributed by atoms with Crippen molar-refractivity contribution in [3.05, 3.63) is 52.6 Å². The molecule has 5 N–H and O–H groups in total. The van der Waals surface area contributed by atoms with E-state index in [-0.39, 0.29) is 36.0 Å². The average molecular weight is 547 g/mol. The molecule has 2 aromatic rings. The topological polar surface area (TPSA) is 169 Å². The van der Waals surface area contributed by atoms with Crippen LogP contribution >= 0.6 is 0 Å². The maximum absolute atomic E-state index is 13.2. The molecule has 0 radical (unpaired) electrons. The largest absolute Gasteiger partial charge is 0.487 e. The van der Waals surface area contributed by atoms with Crippen molar-refractivity contribution in [3.8, 4) is 11.5 Å². The van der Waals surface area contributed by atoms with Gasteiger partial charge in [-0.3, -0.25) is 4.99 Å². The maximum atomic E-state index is 13.2. The predicted octanol–water partition coefficient (Wildman–Crippen LogP) is 2.94. The molecule has 0 saturated carbocycles. The summed E-state index contributed by atoms with van der Waals surface area (Å²) in [5.74, 6) is -0.557. The van der Waals surface area contributed by atoms with E-state index in [0.717, 1.165) is 16.9 Å². The highest BCUT2D eigenvalue weighted by Gasteiger charge is 2.36. The summed E-state index contributed by atoms with van der Waals surface area (Å²) in [5.41, 5.74) is 8.21. The second-order valence-corrected chi connectivity index (χ2v) is 11.4. The van der Waals surface area contributed by atoms with Crippen molar-refractivity contribution < 1.29 is 32.6 Å². The fourth-order valence-electron chi connectivity index (χ4n) is 4.39. The summed E-state index contributed by atoms with van der Waals surface area (Å²) in [7, 11) is -4.04. The number of fused-ring (bicyclic) bond motifs is 1. The van der Waals surface area contributed by atoms with E-state index in [2.05, 4.69) is 15.0 Å². The molecule has 3 rings (SSSR count). The van der Waals surface area contributed by atoms with E-state index >= 15 is 0 Å². The molecule has 1 aliphatic rings. The highest BCUT2D eigenvalue weighted by molar-refractivity contribution is 7.90. The number of benzene rings is 2. The Morgan fingerprint density at radius 2 is 1.82 bits per heavy atom. The molecule has 0 aromatic heterocycles. The third kappa shape index (κ3) is 6.74. The molecule has 0 bridgehead atoms. The minimum Gasteiger partial charge on any atom is -0.487 e. The van der Waals surface area contributed by atoms with Crippen LogP contribution in [0.3, 0.4) is 0 Å². The van der Waals surface area contributed by atoms with Gasteiger partial charge in [0.25, 0.3) is 10.0 Å². The number of nitrogens with zero attached hydrogens (tertiary/aromatic N) is 1. The lowest BCUT2D eigenvalue weighted by Crippen LogP contribution is -2.42. The van der Waals surface area contributed by atoms with Crippen LogP contribution in [0, 0.1) is 20.8 Å². The van der Waals surface area contributed by atoms with Gasteiger partial charge in [0.15, 0.2) is 0 Å². The van der Waals surface area contributed by atoms with E-state index in [0.29, 0.717) is 17.5 Å². The van der Waals surface area contributed by atoms with Gasteiger partial charge in [-0.2, -0.15) is 0 Å². The highest BCUT2D eigenvalue weighted by atomic mass is 32.2. The number of ether oxygens (including phenoxy) is 2. The maximum Gasteiger partial charge on any atom is 0.413 e. The van der Waals surface area contributed by atoms with Gasteiger partial charge in [0.05, 0.1) is 4.90 Å². The quantitative estimate of drug-likeness (QED) is 0.211. The first kappa shape index (κ1) is 28.8. The highest BCUT2D eigenvalue weighted by Crippen LogP contribution is 2.43. The van der Waals surface area contributed by atoms with E-state index < -0.39 is 33.7 Å². The predicted molar refractivity (Wildman–Crippen MR) is 142 cm³/mol. The number of rotatable bonds is 9. The molecule has 2 aromatic carbocycles. The summed E-state index contributed by atoms with van der Waals surface area (Å²) in [4.78, 5) is 27.7. The van der Waals surface area contributed by atoms with Crippen molar-refractivity contribution >= 4 is 28.0 Å². The number of carbonyl (C=O) groups excluding carboxylic acids is 1. The van der Waals surface area contributed by atoms with Crippen LogP contribution in [0.2, 0.25) is 0 Å². The zero-order valence-electron chi connectivity index (χ0n) is 22.1. The van der Waals surface area contributed by atoms with Crippen molar-refractivity contribution in [2.75, 3.05) is 6.54 Å². The molecule has 38 heavy (non-hydrogen) atoms. The van der Waals surface area contributed by atoms with E-state index in [1.807, 2.05) is 20.8 Å². The van der Waals surface area contributed by atoms with E-state index in [9.17, 15) is 23.1 Å². The number of hydrogen-bond acceptors (Lipinski definition) is 7. The van der Waals surface area contributed by atoms with Gasteiger partial charge in [-0.15, -0.1) is 0 Å². The Balaban J connectivity index is 1.62. The molecule has 1 aliphatic heterocycles. The van der Waals surface area contributed by atoms with Crippen LogP contribution in [0.1, 0.15) is 48.9 Å². The van der Waals surface area contributed by atoms with Crippen LogP contribution in [0.25, 0.3) is 0 Å². The molecule has 0 spiro atoms. The number of nitrogens with two attached hydrogens (primary N) is 1. The molecule has 1 atom stereocenters. The zero-order valence-corrected chi connectivity index (χ0v) is 22.9. The van der Waals surface area contributed by atoms with Gasteiger partial charge in [0, 0.05) is 18.5 Å². The van der Waals surface area contributed by atoms with E-state index in [1.165, 1.54) is 0 Å². The number of amides is 1. The third-order valence-electron chi connectivity index (χ3n) is 6.28. The molecule has 0 fully saturated rings. The standard InChI is InChI=1S/C26H34N4O7S/c1-15-16(2)22(17(3)19-14-26(4,5)37-21(15)19)38(34,35)30-24(27)28-13-9-12-20(23(31)32)29-25(33)36-18-10-7-6-8-11-18/h6-8,10-11,20H,9,12-14H2,1-5H3,(H,29,33)(H,31,32)(H3,27,28,30)/t20-/m0/s1. The van der Waals surface area contributed by atoms with Crippen molar-refractivity contribution in [2.45, 2.75) is 70.4 Å². The number of carboxylic acids is 1. The lowest BCUT2D eigenvalue weighted by atomic mass is 9.94. The first-order chi connectivity index (χ1) is 17.7. The molecule has 0 unspecified atom stereocenters. The third-order valence-corrected chi connectivity index (χ3v) is 7.90. The number of carbonyl (C=O) groups is 2. The fourth-order valence-corrected chi connectivity index (χ4v) is 5.91. The molecule has 11 nitrogen and oxygen atoms in total. The number of guanidine groups is 1. The summed E-state index contributed by atoms with van der Waals surface area (Å²) >= 11 is 0. The van der Waals surface area contributed by atoms with Crippen LogP contribution in [0.5, 0.6) is 11.5 Å². The Kier molecular flexibility index (Phi) is 8.55. The van der Waals surface area contributed by atoms with E-state index in [4.69, 9.17) is 15.2 Å². The number of aliphatic imine (C=N–C) groups is 1. The Labute approximate surface area is 222 Å². The fraction of sp³-hybridized carbons (Fsp3) is 0.423. The smallest absolute Gasteiger partial charge is 0.413 e. The minimum absolute atomic E-state index is 0.0285. The van der Waals surface area contributed by atoms with E-state index in [1.54, 1.807) is 44.2 Å². The lowest BCUT2D eigenvalue weighted by molar-refractivity contribution is -0.139. The summed E-state index contributed by atoms with van der Waals surface area (Å²) < 4.78 is 39.9. The molecule has 0 aliphatic carbocycles. The second-order valence-electron chi connectivity index (χ2n) is 9.80. The van der Waals surface area contributed by atoms with Gasteiger partial charge in [-0.1, -0.05) is 18.2 Å². The van der Waals surface area contributed by atoms with Crippen LogP contribution in [0.4, 0.5) is 4.79 Å². The summed E-state index contributed by atoms with van der Waals surface area (Å²) in [6.07, 6.45) is -0.0728. The van der Waals surface area contributed by atoms with Crippen molar-refractivity contribution in [1.29, 1.82) is 0 Å². The lowest BCUT2D eigenvalue weighted by Gasteiger charge is -2.19. The minimum atomic E-state index is -4.04. The monoisotopic (exact) mass is 546 g/mol. The van der Waals surface area contributed by atoms with Crippen molar-refractivity contribution in [2.24, 2.45) is 10.7 Å². The van der Waals surface area contributed by atoms with Gasteiger partial charge in [-0.25, -0.2) is 22.7 Å². The normalized spacial score (nSPS) is 15.2. The van der Waals surface area contributed by atoms with Crippen LogP contribution in [0.15, 0.2) is 40.2 Å². The number of aliphatic carboxylic acids is 1. The number of sulfonamides is 1. The Hall–Kier alpha value is -3.80. The SMILES string of the molecule is Cc1c(C)c(S(=O)(=O)NC(N)=NCCC[C@H](NC(=O)Oc2ccccc2)C(=O)O)c(C)c2c1OC(C)(C)C2. The Morgan fingerprint density at radius 1 is 1.16 bits per heavy atom. The number of para-hydroxylation sites is 1. The van der Waals surface area contributed by atoms with Gasteiger partial charge < -0.3 is 25.6 Å². The first-order valence-corrected chi connectivity index (χ1v) is 13.6. The van der Waals surface area contributed by atoms with Gasteiger partial charge >= 0.3 is 12.1 Å². The van der Waals surface area contributed by atoms with Crippen molar-refractivity contribution in [3.63, 3.8) is 0 Å². The molecule has 0 saturated heterocycles. The molecule has 206 valence electrons. The average Bonchev–Trinajstić information content (AvgIpc) is 3.15. The van der Waals surface area contributed by atoms with Crippen LogP contribution < -0.4 is 25.2 Å². The first-order valence-electron chi connectivity index (χ1n) is 12.1. The van der Waals surface area contributed by atoms with Crippen LogP contribution in [-0.2, 0) is 21.2 Å². The van der Waals surface area contributed by atoms with Crippen LogP contribution in [-0.4, -0.2) is 49.7 Å². The number of nitrogens with one attached hydrogen (secondary N) is 2. The molecular formula is C26H34N4O7S. The van der Waals surface area contributed by atoms with Crippen molar-refractivity contribution in [1.82, 2.24) is 10.0 Å². The number of hydrogen-bond donors (Lipinski definition) is 4.